The predicted molar refractivity (Wildman–Crippen MR) is 98.2 cm³/mol. The standard InChI is InChI=1S/C14H22O6.C4H10O3/c1-11(2)13(15)19-9-7-17-5-6-18-8-10-20-14(16)12(3)4;5-1-3-7-4-2-6/h1,3,5-10H2,2,4H3;5-6H,1-4H2. The molecule has 0 rings (SSSR count). The van der Waals surface area contributed by atoms with Crippen molar-refractivity contribution >= 4 is 11.9 Å². The highest BCUT2D eigenvalue weighted by atomic mass is 16.6. The van der Waals surface area contributed by atoms with E-state index in [0.29, 0.717) is 50.8 Å². The van der Waals surface area contributed by atoms with E-state index in [1.165, 1.54) is 0 Å². The zero-order chi connectivity index (χ0) is 20.9. The Bertz CT molecular complexity index is 383. The van der Waals surface area contributed by atoms with E-state index in [0.717, 1.165) is 0 Å². The first-order valence-corrected chi connectivity index (χ1v) is 8.47. The second kappa shape index (κ2) is 20.5. The first kappa shape index (κ1) is 27.4. The molecule has 0 heterocycles. The number of ether oxygens (including phenoxy) is 5. The molecule has 158 valence electrons. The summed E-state index contributed by atoms with van der Waals surface area (Å²) in [5.41, 5.74) is 0.718. The van der Waals surface area contributed by atoms with Crippen LogP contribution >= 0.6 is 0 Å². The van der Waals surface area contributed by atoms with Crippen LogP contribution in [-0.4, -0.2) is 88.2 Å². The van der Waals surface area contributed by atoms with Gasteiger partial charge in [-0.15, -0.1) is 0 Å². The molecule has 0 aliphatic rings. The normalized spacial score (nSPS) is 9.78. The molecule has 0 unspecified atom stereocenters. The number of aliphatic hydroxyl groups is 2. The Kier molecular flexibility index (Phi) is 20.9. The zero-order valence-electron chi connectivity index (χ0n) is 16.2. The van der Waals surface area contributed by atoms with Crippen molar-refractivity contribution in [2.24, 2.45) is 0 Å². The van der Waals surface area contributed by atoms with Crippen LogP contribution < -0.4 is 0 Å². The monoisotopic (exact) mass is 392 g/mol. The van der Waals surface area contributed by atoms with Crippen molar-refractivity contribution in [3.8, 4) is 0 Å². The molecule has 0 amide bonds. The second-order valence-electron chi connectivity index (χ2n) is 5.12. The minimum atomic E-state index is -0.427. The summed E-state index contributed by atoms with van der Waals surface area (Å²) in [6.45, 7) is 12.5. The SMILES string of the molecule is C=C(C)C(=O)OCCOCCOCCOC(=O)C(=C)C.OCCOCCO. The Hall–Kier alpha value is -1.78. The van der Waals surface area contributed by atoms with E-state index in [-0.39, 0.29) is 26.4 Å². The van der Waals surface area contributed by atoms with Crippen LogP contribution in [0.2, 0.25) is 0 Å². The van der Waals surface area contributed by atoms with Gasteiger partial charge in [-0.3, -0.25) is 0 Å². The third kappa shape index (κ3) is 22.2. The number of hydrogen-bond acceptors (Lipinski definition) is 9. The smallest absolute Gasteiger partial charge is 0.333 e. The molecule has 0 aromatic carbocycles. The van der Waals surface area contributed by atoms with Gasteiger partial charge in [-0.05, 0) is 13.8 Å². The largest absolute Gasteiger partial charge is 0.460 e. The van der Waals surface area contributed by atoms with Crippen LogP contribution in [0.4, 0.5) is 0 Å². The van der Waals surface area contributed by atoms with Gasteiger partial charge in [0.25, 0.3) is 0 Å². The average molecular weight is 392 g/mol. The van der Waals surface area contributed by atoms with Gasteiger partial charge in [0.05, 0.1) is 52.9 Å². The molecule has 2 N–H and O–H groups in total. The molecule has 0 aliphatic carbocycles. The molecule has 27 heavy (non-hydrogen) atoms. The molecule has 0 radical (unpaired) electrons. The third-order valence-electron chi connectivity index (χ3n) is 2.46. The van der Waals surface area contributed by atoms with Crippen molar-refractivity contribution in [3.63, 3.8) is 0 Å². The molecular formula is C18H32O9. The van der Waals surface area contributed by atoms with Crippen molar-refractivity contribution < 1.29 is 43.5 Å². The molecule has 0 aromatic rings. The lowest BCUT2D eigenvalue weighted by Crippen LogP contribution is -2.15. The topological polar surface area (TPSA) is 121 Å². The number of carbonyl (C=O) groups is 2. The molecular weight excluding hydrogens is 360 g/mol. The van der Waals surface area contributed by atoms with Crippen molar-refractivity contribution in [2.75, 3.05) is 66.1 Å². The predicted octanol–water partition coefficient (Wildman–Crippen LogP) is 0.246. The number of aliphatic hydroxyl groups excluding tert-OH is 2. The molecule has 0 bridgehead atoms. The first-order valence-electron chi connectivity index (χ1n) is 8.47. The van der Waals surface area contributed by atoms with Gasteiger partial charge in [-0.2, -0.15) is 0 Å². The third-order valence-corrected chi connectivity index (χ3v) is 2.46. The van der Waals surface area contributed by atoms with Gasteiger partial charge >= 0.3 is 11.9 Å². The van der Waals surface area contributed by atoms with Crippen LogP contribution in [0.3, 0.4) is 0 Å². The van der Waals surface area contributed by atoms with Crippen LogP contribution in [0.1, 0.15) is 13.8 Å². The Morgan fingerprint density at radius 2 is 0.926 bits per heavy atom. The quantitative estimate of drug-likeness (QED) is 0.229. The summed E-state index contributed by atoms with van der Waals surface area (Å²) < 4.78 is 24.6. The first-order chi connectivity index (χ1) is 12.9. The van der Waals surface area contributed by atoms with E-state index >= 15 is 0 Å². The van der Waals surface area contributed by atoms with Gasteiger partial charge in [-0.1, -0.05) is 13.2 Å². The molecule has 0 aromatic heterocycles. The van der Waals surface area contributed by atoms with Crippen molar-refractivity contribution in [1.82, 2.24) is 0 Å². The van der Waals surface area contributed by atoms with Gasteiger partial charge in [0.15, 0.2) is 0 Å². The molecule has 0 fully saturated rings. The highest BCUT2D eigenvalue weighted by molar-refractivity contribution is 5.87. The summed E-state index contributed by atoms with van der Waals surface area (Å²) in [6, 6.07) is 0. The van der Waals surface area contributed by atoms with Gasteiger partial charge in [0, 0.05) is 11.1 Å². The maximum atomic E-state index is 11.0. The van der Waals surface area contributed by atoms with Crippen LogP contribution in [0.15, 0.2) is 24.3 Å². The maximum Gasteiger partial charge on any atom is 0.333 e. The average Bonchev–Trinajstić information content (AvgIpc) is 2.63. The second-order valence-corrected chi connectivity index (χ2v) is 5.12. The number of carbonyl (C=O) groups excluding carboxylic acids is 2. The molecule has 0 aliphatic heterocycles. The molecule has 0 atom stereocenters. The van der Waals surface area contributed by atoms with Gasteiger partial charge < -0.3 is 33.9 Å². The summed E-state index contributed by atoms with van der Waals surface area (Å²) in [5, 5.41) is 16.2. The van der Waals surface area contributed by atoms with Crippen molar-refractivity contribution in [3.05, 3.63) is 24.3 Å². The lowest BCUT2D eigenvalue weighted by Gasteiger charge is -2.07. The van der Waals surface area contributed by atoms with E-state index in [1.54, 1.807) is 13.8 Å². The number of rotatable bonds is 15. The van der Waals surface area contributed by atoms with E-state index in [4.69, 9.17) is 29.2 Å². The Labute approximate surface area is 160 Å². The molecule has 0 saturated heterocycles. The number of esters is 2. The highest BCUT2D eigenvalue weighted by Crippen LogP contribution is 1.93. The highest BCUT2D eigenvalue weighted by Gasteiger charge is 2.03. The Morgan fingerprint density at radius 3 is 1.22 bits per heavy atom. The summed E-state index contributed by atoms with van der Waals surface area (Å²) in [6.07, 6.45) is 0. The summed E-state index contributed by atoms with van der Waals surface area (Å²) in [4.78, 5) is 22.0. The molecule has 9 heteroatoms. The van der Waals surface area contributed by atoms with Gasteiger partial charge in [0.1, 0.15) is 13.2 Å². The molecule has 9 nitrogen and oxygen atoms in total. The summed E-state index contributed by atoms with van der Waals surface area (Å²) >= 11 is 0. The molecule has 0 saturated carbocycles. The zero-order valence-corrected chi connectivity index (χ0v) is 16.2. The minimum Gasteiger partial charge on any atom is -0.460 e. The Morgan fingerprint density at radius 1 is 0.630 bits per heavy atom. The lowest BCUT2D eigenvalue weighted by atomic mass is 10.4. The van der Waals surface area contributed by atoms with E-state index < -0.39 is 11.9 Å². The summed E-state index contributed by atoms with van der Waals surface area (Å²) in [5.74, 6) is -0.853. The van der Waals surface area contributed by atoms with Crippen LogP contribution in [0, 0.1) is 0 Å². The van der Waals surface area contributed by atoms with Crippen LogP contribution in [0.5, 0.6) is 0 Å². The molecule has 0 spiro atoms. The van der Waals surface area contributed by atoms with Crippen LogP contribution in [0.25, 0.3) is 0 Å². The fourth-order valence-corrected chi connectivity index (χ4v) is 1.19. The summed E-state index contributed by atoms with van der Waals surface area (Å²) in [7, 11) is 0. The van der Waals surface area contributed by atoms with E-state index in [1.807, 2.05) is 0 Å². The van der Waals surface area contributed by atoms with Gasteiger partial charge in [0.2, 0.25) is 0 Å². The van der Waals surface area contributed by atoms with Crippen molar-refractivity contribution in [1.29, 1.82) is 0 Å². The van der Waals surface area contributed by atoms with Crippen LogP contribution in [-0.2, 0) is 33.3 Å². The van der Waals surface area contributed by atoms with E-state index in [9.17, 15) is 9.59 Å². The van der Waals surface area contributed by atoms with Gasteiger partial charge in [-0.25, -0.2) is 9.59 Å². The maximum absolute atomic E-state index is 11.0. The lowest BCUT2D eigenvalue weighted by molar-refractivity contribution is -0.142. The fourth-order valence-electron chi connectivity index (χ4n) is 1.19. The van der Waals surface area contributed by atoms with E-state index in [2.05, 4.69) is 17.9 Å². The van der Waals surface area contributed by atoms with Crippen molar-refractivity contribution in [2.45, 2.75) is 13.8 Å². The Balaban J connectivity index is 0. The minimum absolute atomic E-state index is 0.0278. The fraction of sp³-hybridized carbons (Fsp3) is 0.667. The number of hydrogen-bond donors (Lipinski definition) is 2.